The monoisotopic (exact) mass is 345 g/mol. The SMILES string of the molecule is CC(C)(C)n1ncnc1CNC1CCN(C(=O)C2CC23CCC3)CC1. The molecule has 1 spiro atoms. The van der Waals surface area contributed by atoms with E-state index in [1.54, 1.807) is 6.33 Å². The maximum Gasteiger partial charge on any atom is 0.226 e. The van der Waals surface area contributed by atoms with Crippen molar-refractivity contribution in [3.63, 3.8) is 0 Å². The number of rotatable bonds is 4. The van der Waals surface area contributed by atoms with Gasteiger partial charge in [-0.1, -0.05) is 6.42 Å². The second kappa shape index (κ2) is 6.08. The predicted octanol–water partition coefficient (Wildman–Crippen LogP) is 2.30. The Balaban J connectivity index is 1.24. The Morgan fingerprint density at radius 1 is 1.32 bits per heavy atom. The van der Waals surface area contributed by atoms with Crippen molar-refractivity contribution in [2.24, 2.45) is 11.3 Å². The number of carbonyl (C=O) groups excluding carboxylic acids is 1. The molecule has 2 heterocycles. The molecule has 1 aliphatic heterocycles. The largest absolute Gasteiger partial charge is 0.342 e. The molecule has 0 bridgehead atoms. The number of nitrogens with zero attached hydrogens (tertiary/aromatic N) is 4. The highest BCUT2D eigenvalue weighted by atomic mass is 16.2. The average Bonchev–Trinajstić information content (AvgIpc) is 3.14. The van der Waals surface area contributed by atoms with E-state index in [1.807, 2.05) is 4.68 Å². The van der Waals surface area contributed by atoms with Gasteiger partial charge in [0.05, 0.1) is 12.1 Å². The zero-order valence-corrected chi connectivity index (χ0v) is 15.8. The molecule has 6 nitrogen and oxygen atoms in total. The van der Waals surface area contributed by atoms with Gasteiger partial charge in [-0.15, -0.1) is 0 Å². The van der Waals surface area contributed by atoms with Crippen molar-refractivity contribution in [2.45, 2.75) is 77.4 Å². The zero-order valence-electron chi connectivity index (χ0n) is 15.8. The molecule has 1 N–H and O–H groups in total. The van der Waals surface area contributed by atoms with Crippen LogP contribution in [-0.4, -0.2) is 44.7 Å². The lowest BCUT2D eigenvalue weighted by molar-refractivity contribution is -0.135. The standard InChI is InChI=1S/C19H31N5O/c1-18(2,3)24-16(21-13-22-24)12-20-14-5-9-23(10-6-14)17(25)15-11-19(15)7-4-8-19/h13-15,20H,4-12H2,1-3H3. The van der Waals surface area contributed by atoms with Gasteiger partial charge in [0.2, 0.25) is 5.91 Å². The summed E-state index contributed by atoms with van der Waals surface area (Å²) in [5.41, 5.74) is 0.397. The molecule has 1 unspecified atom stereocenters. The average molecular weight is 345 g/mol. The van der Waals surface area contributed by atoms with E-state index in [0.29, 0.717) is 23.3 Å². The first kappa shape index (κ1) is 17.0. The normalized spacial score (nSPS) is 25.9. The molecule has 2 aliphatic carbocycles. The molecule has 3 aliphatic rings. The van der Waals surface area contributed by atoms with E-state index in [-0.39, 0.29) is 5.54 Å². The summed E-state index contributed by atoms with van der Waals surface area (Å²) < 4.78 is 1.99. The van der Waals surface area contributed by atoms with Crippen LogP contribution in [0.15, 0.2) is 6.33 Å². The Labute approximate surface area is 150 Å². The Morgan fingerprint density at radius 3 is 2.60 bits per heavy atom. The van der Waals surface area contributed by atoms with E-state index in [0.717, 1.165) is 44.7 Å². The summed E-state index contributed by atoms with van der Waals surface area (Å²) in [7, 11) is 0. The van der Waals surface area contributed by atoms with Crippen LogP contribution >= 0.6 is 0 Å². The van der Waals surface area contributed by atoms with Crippen molar-refractivity contribution < 1.29 is 4.79 Å². The third-order valence-corrected chi connectivity index (χ3v) is 6.45. The van der Waals surface area contributed by atoms with Crippen molar-refractivity contribution in [1.82, 2.24) is 25.0 Å². The summed E-state index contributed by atoms with van der Waals surface area (Å²) in [6.45, 7) is 8.96. The van der Waals surface area contributed by atoms with Crippen LogP contribution in [0.4, 0.5) is 0 Å². The molecule has 0 radical (unpaired) electrons. The number of carbonyl (C=O) groups is 1. The van der Waals surface area contributed by atoms with Gasteiger partial charge in [0.25, 0.3) is 0 Å². The fourth-order valence-corrected chi connectivity index (χ4v) is 4.59. The molecule has 138 valence electrons. The van der Waals surface area contributed by atoms with Crippen LogP contribution in [0, 0.1) is 11.3 Å². The maximum absolute atomic E-state index is 12.7. The van der Waals surface area contributed by atoms with Gasteiger partial charge in [-0.2, -0.15) is 5.10 Å². The van der Waals surface area contributed by atoms with Crippen LogP contribution in [0.2, 0.25) is 0 Å². The van der Waals surface area contributed by atoms with E-state index in [4.69, 9.17) is 0 Å². The summed E-state index contributed by atoms with van der Waals surface area (Å²) >= 11 is 0. The molecule has 25 heavy (non-hydrogen) atoms. The molecule has 6 heteroatoms. The molecule has 0 aromatic carbocycles. The van der Waals surface area contributed by atoms with Gasteiger partial charge >= 0.3 is 0 Å². The molecule has 1 aromatic heterocycles. The third kappa shape index (κ3) is 3.21. The molecule has 1 aromatic rings. The zero-order chi connectivity index (χ0) is 17.7. The number of nitrogens with one attached hydrogen (secondary N) is 1. The van der Waals surface area contributed by atoms with Gasteiger partial charge in [0.15, 0.2) is 0 Å². The van der Waals surface area contributed by atoms with Gasteiger partial charge < -0.3 is 10.2 Å². The predicted molar refractivity (Wildman–Crippen MR) is 95.9 cm³/mol. The Hall–Kier alpha value is -1.43. The minimum Gasteiger partial charge on any atom is -0.342 e. The molecule has 1 saturated heterocycles. The lowest BCUT2D eigenvalue weighted by Gasteiger charge is -2.34. The van der Waals surface area contributed by atoms with Crippen molar-refractivity contribution in [2.75, 3.05) is 13.1 Å². The Bertz CT molecular complexity index is 634. The Morgan fingerprint density at radius 2 is 2.04 bits per heavy atom. The van der Waals surface area contributed by atoms with Crippen LogP contribution in [0.3, 0.4) is 0 Å². The fraction of sp³-hybridized carbons (Fsp3) is 0.842. The van der Waals surface area contributed by atoms with Crippen LogP contribution in [0.5, 0.6) is 0 Å². The number of amides is 1. The lowest BCUT2D eigenvalue weighted by Crippen LogP contribution is -2.46. The number of aromatic nitrogens is 3. The molecular formula is C19H31N5O. The van der Waals surface area contributed by atoms with Crippen molar-refractivity contribution in [1.29, 1.82) is 0 Å². The summed E-state index contributed by atoms with van der Waals surface area (Å²) in [5, 5.41) is 7.97. The minimum absolute atomic E-state index is 0.0506. The van der Waals surface area contributed by atoms with Crippen molar-refractivity contribution in [3.05, 3.63) is 12.2 Å². The van der Waals surface area contributed by atoms with E-state index in [1.165, 1.54) is 19.3 Å². The van der Waals surface area contributed by atoms with Crippen molar-refractivity contribution >= 4 is 5.91 Å². The quantitative estimate of drug-likeness (QED) is 0.909. The third-order valence-electron chi connectivity index (χ3n) is 6.45. The van der Waals surface area contributed by atoms with Crippen LogP contribution in [0.25, 0.3) is 0 Å². The smallest absolute Gasteiger partial charge is 0.226 e. The number of hydrogen-bond acceptors (Lipinski definition) is 4. The first-order valence-corrected chi connectivity index (χ1v) is 9.81. The van der Waals surface area contributed by atoms with Gasteiger partial charge in [-0.25, -0.2) is 9.67 Å². The van der Waals surface area contributed by atoms with E-state index in [2.05, 4.69) is 41.1 Å². The topological polar surface area (TPSA) is 63.1 Å². The molecule has 1 atom stereocenters. The van der Waals surface area contributed by atoms with Crippen LogP contribution in [0.1, 0.15) is 65.1 Å². The number of likely N-dealkylation sites (tertiary alicyclic amines) is 1. The minimum atomic E-state index is -0.0506. The van der Waals surface area contributed by atoms with Gasteiger partial charge in [0.1, 0.15) is 12.2 Å². The second-order valence-electron chi connectivity index (χ2n) is 9.21. The summed E-state index contributed by atoms with van der Waals surface area (Å²) in [6.07, 6.45) is 8.77. The highest BCUT2D eigenvalue weighted by molar-refractivity contribution is 5.83. The molecule has 3 fully saturated rings. The second-order valence-corrected chi connectivity index (χ2v) is 9.21. The van der Waals surface area contributed by atoms with Gasteiger partial charge in [-0.3, -0.25) is 4.79 Å². The Kier molecular flexibility index (Phi) is 4.13. The summed E-state index contributed by atoms with van der Waals surface area (Å²) in [5.74, 6) is 1.78. The molecule has 1 amide bonds. The highest BCUT2D eigenvalue weighted by Crippen LogP contribution is 2.65. The summed E-state index contributed by atoms with van der Waals surface area (Å²) in [4.78, 5) is 19.2. The summed E-state index contributed by atoms with van der Waals surface area (Å²) in [6, 6.07) is 0.464. The fourth-order valence-electron chi connectivity index (χ4n) is 4.59. The van der Waals surface area contributed by atoms with Crippen LogP contribution < -0.4 is 5.32 Å². The maximum atomic E-state index is 12.7. The van der Waals surface area contributed by atoms with E-state index >= 15 is 0 Å². The lowest BCUT2D eigenvalue weighted by atomic mass is 9.79. The van der Waals surface area contributed by atoms with E-state index < -0.39 is 0 Å². The molecular weight excluding hydrogens is 314 g/mol. The van der Waals surface area contributed by atoms with E-state index in [9.17, 15) is 4.79 Å². The number of piperidine rings is 1. The first-order chi connectivity index (χ1) is 11.9. The van der Waals surface area contributed by atoms with Gasteiger partial charge in [0, 0.05) is 25.0 Å². The number of hydrogen-bond donors (Lipinski definition) is 1. The first-order valence-electron chi connectivity index (χ1n) is 9.81. The van der Waals surface area contributed by atoms with Crippen molar-refractivity contribution in [3.8, 4) is 0 Å². The highest BCUT2D eigenvalue weighted by Gasteiger charge is 2.61. The molecule has 4 rings (SSSR count). The molecule has 2 saturated carbocycles. The van der Waals surface area contributed by atoms with Gasteiger partial charge in [-0.05, 0) is 58.3 Å². The van der Waals surface area contributed by atoms with Crippen LogP contribution in [-0.2, 0) is 16.9 Å².